The van der Waals surface area contributed by atoms with Crippen LogP contribution >= 0.6 is 0 Å². The second kappa shape index (κ2) is 5.99. The first-order chi connectivity index (χ1) is 11.2. The number of benzene rings is 2. The lowest BCUT2D eigenvalue weighted by Gasteiger charge is -2.28. The minimum atomic E-state index is -3.69. The van der Waals surface area contributed by atoms with Gasteiger partial charge in [0.15, 0.2) is 9.84 Å². The van der Waals surface area contributed by atoms with Crippen molar-refractivity contribution in [1.29, 1.82) is 0 Å². The Balaban J connectivity index is 1.94. The van der Waals surface area contributed by atoms with E-state index in [4.69, 9.17) is 0 Å². The van der Waals surface area contributed by atoms with Gasteiger partial charge in [-0.15, -0.1) is 0 Å². The van der Waals surface area contributed by atoms with Crippen LogP contribution in [0.5, 0.6) is 0 Å². The minimum Gasteiger partial charge on any atom is -0.241 e. The number of rotatable bonds is 2. The zero-order chi connectivity index (χ0) is 17.5. The van der Waals surface area contributed by atoms with Crippen LogP contribution in [0.25, 0.3) is 0 Å². The Bertz CT molecular complexity index is 833. The Morgan fingerprint density at radius 3 is 2.25 bits per heavy atom. The van der Waals surface area contributed by atoms with Gasteiger partial charge in [-0.25, -0.2) is 12.8 Å². The number of alkyl halides is 1. The fourth-order valence-electron chi connectivity index (χ4n) is 3.31. The van der Waals surface area contributed by atoms with E-state index in [9.17, 15) is 12.8 Å². The maximum Gasteiger partial charge on any atom is 0.184 e. The molecule has 0 fully saturated rings. The molecule has 1 aliphatic carbocycles. The lowest BCUT2D eigenvalue weighted by Crippen LogP contribution is -2.31. The van der Waals surface area contributed by atoms with Crippen LogP contribution in [-0.2, 0) is 21.7 Å². The molecule has 2 atom stereocenters. The first kappa shape index (κ1) is 17.2. The van der Waals surface area contributed by atoms with Crippen LogP contribution in [0.15, 0.2) is 53.4 Å². The molecule has 2 aromatic rings. The Morgan fingerprint density at radius 2 is 1.62 bits per heavy atom. The topological polar surface area (TPSA) is 34.1 Å². The highest BCUT2D eigenvalue weighted by atomic mass is 32.2. The summed E-state index contributed by atoms with van der Waals surface area (Å²) >= 11 is 0. The number of halogens is 1. The van der Waals surface area contributed by atoms with Crippen molar-refractivity contribution in [2.45, 2.75) is 55.3 Å². The van der Waals surface area contributed by atoms with Crippen molar-refractivity contribution in [2.24, 2.45) is 0 Å². The normalized spacial score (nSPS) is 21.3. The summed E-state index contributed by atoms with van der Waals surface area (Å²) in [6.45, 7) is 6.23. The van der Waals surface area contributed by atoms with Gasteiger partial charge >= 0.3 is 0 Å². The maximum atomic E-state index is 14.9. The molecule has 0 aromatic heterocycles. The fourth-order valence-corrected chi connectivity index (χ4v) is 5.06. The molecule has 0 saturated heterocycles. The van der Waals surface area contributed by atoms with Crippen LogP contribution in [0.2, 0.25) is 0 Å². The Morgan fingerprint density at radius 1 is 1.00 bits per heavy atom. The lowest BCUT2D eigenvalue weighted by molar-refractivity contribution is 0.303. The van der Waals surface area contributed by atoms with Crippen molar-refractivity contribution >= 4 is 9.84 Å². The van der Waals surface area contributed by atoms with Crippen molar-refractivity contribution in [3.8, 4) is 0 Å². The summed E-state index contributed by atoms with van der Waals surface area (Å²) in [5.74, 6) is 0. The molecular formula is C20H23FO2S. The van der Waals surface area contributed by atoms with Gasteiger partial charge in [0, 0.05) is 0 Å². The van der Waals surface area contributed by atoms with E-state index in [1.807, 2.05) is 24.3 Å². The average Bonchev–Trinajstić information content (AvgIpc) is 2.54. The molecule has 0 aliphatic heterocycles. The quantitative estimate of drug-likeness (QED) is 0.784. The predicted molar refractivity (Wildman–Crippen MR) is 94.7 cm³/mol. The molecule has 0 unspecified atom stereocenters. The van der Waals surface area contributed by atoms with Gasteiger partial charge < -0.3 is 0 Å². The summed E-state index contributed by atoms with van der Waals surface area (Å²) in [6.07, 6.45) is -0.551. The van der Waals surface area contributed by atoms with E-state index in [0.717, 1.165) is 11.1 Å². The van der Waals surface area contributed by atoms with Crippen LogP contribution in [0.1, 0.15) is 50.1 Å². The van der Waals surface area contributed by atoms with Crippen LogP contribution in [0.4, 0.5) is 4.39 Å². The molecule has 128 valence electrons. The zero-order valence-corrected chi connectivity index (χ0v) is 15.1. The number of hydrogen-bond acceptors (Lipinski definition) is 2. The molecule has 0 saturated carbocycles. The molecule has 24 heavy (non-hydrogen) atoms. The zero-order valence-electron chi connectivity index (χ0n) is 14.3. The first-order valence-corrected chi connectivity index (χ1v) is 9.82. The summed E-state index contributed by atoms with van der Waals surface area (Å²) < 4.78 is 40.8. The van der Waals surface area contributed by atoms with Gasteiger partial charge in [-0.05, 0) is 47.1 Å². The van der Waals surface area contributed by atoms with Crippen LogP contribution in [-0.4, -0.2) is 13.7 Å². The standard InChI is InChI=1S/C20H23FO2S/c1-20(2,3)15-9-11-16(12-10-15)24(22,23)18-13-8-14-6-4-5-7-17(14)19(18)21/h4-7,9-12,18-19H,8,13H2,1-3H3/t18-,19-/m0/s1. The second-order valence-electron chi connectivity index (χ2n) is 7.50. The van der Waals surface area contributed by atoms with E-state index >= 15 is 0 Å². The third-order valence-electron chi connectivity index (χ3n) is 4.82. The van der Waals surface area contributed by atoms with Gasteiger partial charge in [-0.3, -0.25) is 0 Å². The van der Waals surface area contributed by atoms with E-state index < -0.39 is 21.3 Å². The fraction of sp³-hybridized carbons (Fsp3) is 0.400. The average molecular weight is 346 g/mol. The third kappa shape index (κ3) is 3.00. The monoisotopic (exact) mass is 346 g/mol. The Kier molecular flexibility index (Phi) is 4.28. The summed E-state index contributed by atoms with van der Waals surface area (Å²) in [7, 11) is -3.69. The van der Waals surface area contributed by atoms with Crippen LogP contribution < -0.4 is 0 Å². The molecule has 0 heterocycles. The summed E-state index contributed by atoms with van der Waals surface area (Å²) in [5, 5.41) is -1.01. The van der Waals surface area contributed by atoms with Crippen molar-refractivity contribution < 1.29 is 12.8 Å². The number of sulfone groups is 1. The van der Waals surface area contributed by atoms with Gasteiger partial charge in [-0.2, -0.15) is 0 Å². The van der Waals surface area contributed by atoms with Gasteiger partial charge in [0.1, 0.15) is 11.4 Å². The summed E-state index contributed by atoms with van der Waals surface area (Å²) in [4.78, 5) is 0.211. The van der Waals surface area contributed by atoms with Crippen molar-refractivity contribution in [1.82, 2.24) is 0 Å². The second-order valence-corrected chi connectivity index (χ2v) is 9.66. The van der Waals surface area contributed by atoms with E-state index in [-0.39, 0.29) is 10.3 Å². The van der Waals surface area contributed by atoms with Gasteiger partial charge in [0.2, 0.25) is 0 Å². The molecule has 3 rings (SSSR count). The largest absolute Gasteiger partial charge is 0.241 e. The highest BCUT2D eigenvalue weighted by Crippen LogP contribution is 2.39. The van der Waals surface area contributed by atoms with E-state index in [2.05, 4.69) is 20.8 Å². The van der Waals surface area contributed by atoms with Crippen molar-refractivity contribution in [2.75, 3.05) is 0 Å². The number of aryl methyl sites for hydroxylation is 1. The molecule has 2 nitrogen and oxygen atoms in total. The molecule has 0 radical (unpaired) electrons. The number of fused-ring (bicyclic) bond motifs is 1. The van der Waals surface area contributed by atoms with E-state index in [0.29, 0.717) is 18.4 Å². The molecular weight excluding hydrogens is 323 g/mol. The highest BCUT2D eigenvalue weighted by Gasteiger charge is 2.39. The molecule has 0 amide bonds. The predicted octanol–water partition coefficient (Wildman–Crippen LogP) is 4.78. The molecule has 1 aliphatic rings. The van der Waals surface area contributed by atoms with E-state index in [1.165, 1.54) is 0 Å². The maximum absolute atomic E-state index is 14.9. The summed E-state index contributed by atoms with van der Waals surface area (Å²) in [5.41, 5.74) is 2.45. The minimum absolute atomic E-state index is 0.0469. The number of hydrogen-bond donors (Lipinski definition) is 0. The molecule has 2 aromatic carbocycles. The van der Waals surface area contributed by atoms with Crippen molar-refractivity contribution in [3.63, 3.8) is 0 Å². The van der Waals surface area contributed by atoms with Gasteiger partial charge in [0.25, 0.3) is 0 Å². The van der Waals surface area contributed by atoms with E-state index in [1.54, 1.807) is 24.3 Å². The van der Waals surface area contributed by atoms with Gasteiger partial charge in [-0.1, -0.05) is 57.2 Å². The third-order valence-corrected chi connectivity index (χ3v) is 7.03. The van der Waals surface area contributed by atoms with Gasteiger partial charge in [0.05, 0.1) is 4.90 Å². The molecule has 0 bridgehead atoms. The molecule has 0 N–H and O–H groups in total. The molecule has 4 heteroatoms. The SMILES string of the molecule is CC(C)(C)c1ccc(S(=O)(=O)[C@H]2CCc3ccccc3[C@@H]2F)cc1. The Hall–Kier alpha value is -1.68. The first-order valence-electron chi connectivity index (χ1n) is 8.27. The Labute approximate surface area is 143 Å². The molecule has 0 spiro atoms. The van der Waals surface area contributed by atoms with Crippen LogP contribution in [0, 0.1) is 0 Å². The van der Waals surface area contributed by atoms with Crippen LogP contribution in [0.3, 0.4) is 0 Å². The van der Waals surface area contributed by atoms with Crippen molar-refractivity contribution in [3.05, 3.63) is 65.2 Å². The highest BCUT2D eigenvalue weighted by molar-refractivity contribution is 7.92. The smallest absolute Gasteiger partial charge is 0.184 e. The lowest BCUT2D eigenvalue weighted by atomic mass is 9.87. The summed E-state index contributed by atoms with van der Waals surface area (Å²) in [6, 6.07) is 14.1.